The van der Waals surface area contributed by atoms with Gasteiger partial charge in [-0.3, -0.25) is 0 Å². The zero-order valence-corrected chi connectivity index (χ0v) is 15.4. The van der Waals surface area contributed by atoms with Crippen LogP contribution in [0.5, 0.6) is 0 Å². The van der Waals surface area contributed by atoms with E-state index < -0.39 is 0 Å². The van der Waals surface area contributed by atoms with Crippen LogP contribution in [0.3, 0.4) is 0 Å². The van der Waals surface area contributed by atoms with Gasteiger partial charge in [0.05, 0.1) is 5.52 Å². The van der Waals surface area contributed by atoms with Crippen LogP contribution in [0.4, 0.5) is 5.82 Å². The Morgan fingerprint density at radius 1 is 1.04 bits per heavy atom. The number of aryl methyl sites for hydroxylation is 1. The second-order valence-electron chi connectivity index (χ2n) is 7.13. The Morgan fingerprint density at radius 3 is 2.58 bits per heavy atom. The number of rotatable bonds is 5. The molecule has 0 saturated heterocycles. The molecule has 0 amide bonds. The summed E-state index contributed by atoms with van der Waals surface area (Å²) in [6.45, 7) is 7.43. The van der Waals surface area contributed by atoms with Crippen molar-refractivity contribution >= 4 is 22.4 Å². The standard InChI is InChI=1S/C21H23N5/c1-14(2)12-13-22-20-17-6-4-5-7-18(17)26-21(23-20)19(24-25-26)16-10-8-15(3)9-11-16/h4-11,14H,12-13H2,1-3H3,(H,22,23). The highest BCUT2D eigenvalue weighted by Crippen LogP contribution is 2.28. The maximum absolute atomic E-state index is 4.89. The molecule has 2 aromatic heterocycles. The minimum atomic E-state index is 0.650. The summed E-state index contributed by atoms with van der Waals surface area (Å²) in [6.07, 6.45) is 1.10. The first-order valence-electron chi connectivity index (χ1n) is 9.08. The smallest absolute Gasteiger partial charge is 0.186 e. The Labute approximate surface area is 153 Å². The van der Waals surface area contributed by atoms with E-state index in [9.17, 15) is 0 Å². The number of hydrogen-bond acceptors (Lipinski definition) is 4. The van der Waals surface area contributed by atoms with Crippen molar-refractivity contribution in [2.45, 2.75) is 27.2 Å². The number of aromatic nitrogens is 4. The molecule has 0 unspecified atom stereocenters. The van der Waals surface area contributed by atoms with Crippen LogP contribution in [0.2, 0.25) is 0 Å². The van der Waals surface area contributed by atoms with E-state index in [-0.39, 0.29) is 0 Å². The second kappa shape index (κ2) is 6.75. The molecule has 0 saturated carbocycles. The van der Waals surface area contributed by atoms with E-state index in [0.29, 0.717) is 5.92 Å². The lowest BCUT2D eigenvalue weighted by molar-refractivity contribution is 0.607. The van der Waals surface area contributed by atoms with Gasteiger partial charge in [-0.15, -0.1) is 5.10 Å². The van der Waals surface area contributed by atoms with E-state index in [2.05, 4.69) is 72.8 Å². The van der Waals surface area contributed by atoms with Gasteiger partial charge in [0, 0.05) is 17.5 Å². The van der Waals surface area contributed by atoms with Crippen molar-refractivity contribution in [3.63, 3.8) is 0 Å². The monoisotopic (exact) mass is 345 g/mol. The zero-order chi connectivity index (χ0) is 18.1. The van der Waals surface area contributed by atoms with Crippen LogP contribution in [0.1, 0.15) is 25.8 Å². The lowest BCUT2D eigenvalue weighted by Gasteiger charge is -2.11. The molecule has 2 aromatic carbocycles. The molecule has 2 heterocycles. The van der Waals surface area contributed by atoms with Crippen molar-refractivity contribution in [2.24, 2.45) is 5.92 Å². The predicted molar refractivity (Wildman–Crippen MR) is 106 cm³/mol. The molecule has 0 aliphatic heterocycles. The quantitative estimate of drug-likeness (QED) is 0.569. The highest BCUT2D eigenvalue weighted by Gasteiger charge is 2.15. The predicted octanol–water partition coefficient (Wildman–Crippen LogP) is 4.71. The molecule has 26 heavy (non-hydrogen) atoms. The lowest BCUT2D eigenvalue weighted by Crippen LogP contribution is -2.08. The van der Waals surface area contributed by atoms with Gasteiger partial charge in [-0.1, -0.05) is 61.0 Å². The van der Waals surface area contributed by atoms with Gasteiger partial charge in [0.2, 0.25) is 0 Å². The van der Waals surface area contributed by atoms with Crippen LogP contribution in [-0.4, -0.2) is 26.4 Å². The molecule has 0 aliphatic carbocycles. The van der Waals surface area contributed by atoms with Gasteiger partial charge in [0.15, 0.2) is 5.65 Å². The van der Waals surface area contributed by atoms with Crippen molar-refractivity contribution in [1.82, 2.24) is 19.8 Å². The van der Waals surface area contributed by atoms with Gasteiger partial charge in [0.1, 0.15) is 11.5 Å². The van der Waals surface area contributed by atoms with Crippen LogP contribution < -0.4 is 5.32 Å². The normalized spacial score (nSPS) is 11.5. The number of fused-ring (bicyclic) bond motifs is 3. The molecule has 132 valence electrons. The third-order valence-electron chi connectivity index (χ3n) is 4.59. The molecule has 0 spiro atoms. The molecule has 0 fully saturated rings. The first-order valence-corrected chi connectivity index (χ1v) is 9.08. The molecule has 0 atom stereocenters. The number of hydrogen-bond donors (Lipinski definition) is 1. The minimum absolute atomic E-state index is 0.650. The SMILES string of the molecule is Cc1ccc(-c2nnn3c2nc(NCCC(C)C)c2ccccc23)cc1. The number of nitrogens with zero attached hydrogens (tertiary/aromatic N) is 4. The second-order valence-corrected chi connectivity index (χ2v) is 7.13. The van der Waals surface area contributed by atoms with Gasteiger partial charge < -0.3 is 5.32 Å². The minimum Gasteiger partial charge on any atom is -0.369 e. The van der Waals surface area contributed by atoms with Crippen molar-refractivity contribution in [3.05, 3.63) is 54.1 Å². The zero-order valence-electron chi connectivity index (χ0n) is 15.4. The summed E-state index contributed by atoms with van der Waals surface area (Å²) in [6, 6.07) is 16.5. The Hall–Kier alpha value is -2.95. The largest absolute Gasteiger partial charge is 0.369 e. The summed E-state index contributed by atoms with van der Waals surface area (Å²) in [7, 11) is 0. The molecular weight excluding hydrogens is 322 g/mol. The number of nitrogens with one attached hydrogen (secondary N) is 1. The fraction of sp³-hybridized carbons (Fsp3) is 0.286. The van der Waals surface area contributed by atoms with Crippen molar-refractivity contribution in [1.29, 1.82) is 0 Å². The van der Waals surface area contributed by atoms with Crippen LogP contribution in [-0.2, 0) is 0 Å². The third-order valence-corrected chi connectivity index (χ3v) is 4.59. The topological polar surface area (TPSA) is 55.1 Å². The molecule has 4 rings (SSSR count). The highest BCUT2D eigenvalue weighted by atomic mass is 15.4. The van der Waals surface area contributed by atoms with Gasteiger partial charge in [0.25, 0.3) is 0 Å². The average molecular weight is 345 g/mol. The Balaban J connectivity index is 1.86. The van der Waals surface area contributed by atoms with E-state index in [1.807, 2.05) is 16.6 Å². The number of benzene rings is 2. The van der Waals surface area contributed by atoms with E-state index >= 15 is 0 Å². The molecule has 0 radical (unpaired) electrons. The maximum Gasteiger partial charge on any atom is 0.186 e. The highest BCUT2D eigenvalue weighted by molar-refractivity contribution is 5.93. The van der Waals surface area contributed by atoms with Gasteiger partial charge in [-0.25, -0.2) is 4.98 Å². The molecule has 4 aromatic rings. The Kier molecular flexibility index (Phi) is 4.29. The maximum atomic E-state index is 4.89. The first kappa shape index (κ1) is 16.5. The first-order chi connectivity index (χ1) is 12.6. The average Bonchev–Trinajstić information content (AvgIpc) is 3.06. The summed E-state index contributed by atoms with van der Waals surface area (Å²) in [5.74, 6) is 1.54. The number of anilines is 1. The van der Waals surface area contributed by atoms with Crippen LogP contribution in [0.15, 0.2) is 48.5 Å². The molecule has 5 heteroatoms. The Bertz CT molecular complexity index is 1050. The fourth-order valence-corrected chi connectivity index (χ4v) is 3.08. The summed E-state index contributed by atoms with van der Waals surface area (Å²) >= 11 is 0. The van der Waals surface area contributed by atoms with Crippen molar-refractivity contribution < 1.29 is 0 Å². The lowest BCUT2D eigenvalue weighted by atomic mass is 10.1. The van der Waals surface area contributed by atoms with Crippen LogP contribution in [0, 0.1) is 12.8 Å². The van der Waals surface area contributed by atoms with Crippen LogP contribution in [0.25, 0.3) is 27.8 Å². The molecular formula is C21H23N5. The molecule has 0 bridgehead atoms. The summed E-state index contributed by atoms with van der Waals surface area (Å²) in [5, 5.41) is 13.4. The van der Waals surface area contributed by atoms with Gasteiger partial charge in [-0.2, -0.15) is 4.52 Å². The summed E-state index contributed by atoms with van der Waals surface area (Å²) < 4.78 is 1.83. The van der Waals surface area contributed by atoms with E-state index in [0.717, 1.165) is 46.6 Å². The van der Waals surface area contributed by atoms with Crippen molar-refractivity contribution in [3.8, 4) is 11.3 Å². The summed E-state index contributed by atoms with van der Waals surface area (Å²) in [4.78, 5) is 4.89. The molecule has 0 aliphatic rings. The van der Waals surface area contributed by atoms with E-state index in [1.165, 1.54) is 5.56 Å². The Morgan fingerprint density at radius 2 is 1.81 bits per heavy atom. The van der Waals surface area contributed by atoms with E-state index in [4.69, 9.17) is 4.98 Å². The third kappa shape index (κ3) is 3.01. The fourth-order valence-electron chi connectivity index (χ4n) is 3.08. The van der Waals surface area contributed by atoms with Gasteiger partial charge in [-0.05, 0) is 31.4 Å². The van der Waals surface area contributed by atoms with Crippen molar-refractivity contribution in [2.75, 3.05) is 11.9 Å². The summed E-state index contributed by atoms with van der Waals surface area (Å²) in [5.41, 5.74) is 4.85. The van der Waals surface area contributed by atoms with Gasteiger partial charge >= 0.3 is 0 Å². The molecule has 1 N–H and O–H groups in total. The van der Waals surface area contributed by atoms with E-state index in [1.54, 1.807) is 0 Å². The number of para-hydroxylation sites is 1. The molecule has 5 nitrogen and oxygen atoms in total. The van der Waals surface area contributed by atoms with Crippen LogP contribution >= 0.6 is 0 Å².